The summed E-state index contributed by atoms with van der Waals surface area (Å²) in [4.78, 5) is 17.5. The van der Waals surface area contributed by atoms with Gasteiger partial charge in [0.1, 0.15) is 17.2 Å². The van der Waals surface area contributed by atoms with Crippen LogP contribution in [0.5, 0.6) is 0 Å². The van der Waals surface area contributed by atoms with Gasteiger partial charge in [-0.15, -0.1) is 0 Å². The number of hydrogen-bond acceptors (Lipinski definition) is 4. The first-order valence-corrected chi connectivity index (χ1v) is 9.32. The monoisotopic (exact) mass is 392 g/mol. The fraction of sp³-hybridized carbons (Fsp3) is 0.182. The average Bonchev–Trinajstić information content (AvgIpc) is 3.08. The van der Waals surface area contributed by atoms with Crippen molar-refractivity contribution in [3.8, 4) is 16.9 Å². The summed E-state index contributed by atoms with van der Waals surface area (Å²) >= 11 is 0. The van der Waals surface area contributed by atoms with E-state index in [0.29, 0.717) is 30.0 Å². The van der Waals surface area contributed by atoms with E-state index in [1.54, 1.807) is 16.8 Å². The quantitative estimate of drug-likeness (QED) is 0.529. The lowest BCUT2D eigenvalue weighted by atomic mass is 10.1. The molecule has 0 spiro atoms. The molecule has 0 aliphatic carbocycles. The smallest absolute Gasteiger partial charge is 0.254 e. The predicted octanol–water partition coefficient (Wildman–Crippen LogP) is 2.94. The van der Waals surface area contributed by atoms with E-state index in [9.17, 15) is 9.18 Å². The molecule has 0 saturated heterocycles. The van der Waals surface area contributed by atoms with Gasteiger partial charge in [-0.1, -0.05) is 18.2 Å². The number of benzene rings is 2. The lowest BCUT2D eigenvalue weighted by Crippen LogP contribution is -2.26. The van der Waals surface area contributed by atoms with Crippen LogP contribution in [-0.4, -0.2) is 45.0 Å². The zero-order valence-electron chi connectivity index (χ0n) is 16.0. The average molecular weight is 392 g/mol. The Balaban J connectivity index is 1.92. The van der Waals surface area contributed by atoms with Gasteiger partial charge >= 0.3 is 0 Å². The Morgan fingerprint density at radius 1 is 1.14 bits per heavy atom. The number of rotatable bonds is 6. The largest absolute Gasteiger partial charge is 0.395 e. The molecular weight excluding hydrogens is 371 g/mol. The highest BCUT2D eigenvalue weighted by Crippen LogP contribution is 2.29. The van der Waals surface area contributed by atoms with Crippen LogP contribution in [0.3, 0.4) is 0 Å². The van der Waals surface area contributed by atoms with Gasteiger partial charge in [0.05, 0.1) is 12.3 Å². The highest BCUT2D eigenvalue weighted by atomic mass is 19.1. The van der Waals surface area contributed by atoms with Gasteiger partial charge in [-0.25, -0.2) is 9.07 Å². The summed E-state index contributed by atoms with van der Waals surface area (Å²) in [5.41, 5.74) is 3.18. The maximum atomic E-state index is 13.4. The van der Waals surface area contributed by atoms with Crippen molar-refractivity contribution in [2.75, 3.05) is 20.2 Å². The van der Waals surface area contributed by atoms with Gasteiger partial charge in [0, 0.05) is 29.6 Å². The third kappa shape index (κ3) is 3.83. The molecule has 0 fully saturated rings. The molecule has 2 heterocycles. The molecule has 0 atom stereocenters. The van der Waals surface area contributed by atoms with Gasteiger partial charge in [0.15, 0.2) is 0 Å². The zero-order valence-corrected chi connectivity index (χ0v) is 16.0. The molecule has 2 aromatic carbocycles. The molecular formula is C22H21FN4O2. The van der Waals surface area contributed by atoms with Crippen molar-refractivity contribution in [1.29, 1.82) is 0 Å². The maximum Gasteiger partial charge on any atom is 0.254 e. The normalized spacial score (nSPS) is 11.4. The van der Waals surface area contributed by atoms with Crippen molar-refractivity contribution in [1.82, 2.24) is 19.7 Å². The van der Waals surface area contributed by atoms with Crippen LogP contribution in [0.15, 0.2) is 65.5 Å². The highest BCUT2D eigenvalue weighted by molar-refractivity contribution is 5.92. The molecule has 4 rings (SSSR count). The number of H-pyrrole nitrogens is 1. The lowest BCUT2D eigenvalue weighted by molar-refractivity contribution is 0.217. The first-order valence-electron chi connectivity index (χ1n) is 9.32. The molecule has 0 amide bonds. The minimum Gasteiger partial charge on any atom is -0.395 e. The molecule has 0 unspecified atom stereocenters. The lowest BCUT2D eigenvalue weighted by Gasteiger charge is -2.14. The molecule has 0 aliphatic heterocycles. The molecule has 4 aromatic rings. The third-order valence-corrected chi connectivity index (χ3v) is 4.80. The molecule has 2 aromatic heterocycles. The SMILES string of the molecule is CN(CCO)Cc1cc2c(-c3ccc(F)cc3)nn(-c3ccccc3)c2[nH]c1=O. The van der Waals surface area contributed by atoms with Gasteiger partial charge < -0.3 is 10.1 Å². The van der Waals surface area contributed by atoms with Crippen molar-refractivity contribution >= 4 is 11.0 Å². The molecule has 0 bridgehead atoms. The van der Waals surface area contributed by atoms with E-state index in [1.807, 2.05) is 48.3 Å². The molecule has 6 nitrogen and oxygen atoms in total. The second kappa shape index (κ2) is 7.98. The highest BCUT2D eigenvalue weighted by Gasteiger charge is 2.17. The molecule has 0 aliphatic rings. The van der Waals surface area contributed by atoms with Crippen LogP contribution in [0, 0.1) is 5.82 Å². The van der Waals surface area contributed by atoms with Gasteiger partial charge in [0.2, 0.25) is 0 Å². The van der Waals surface area contributed by atoms with Crippen molar-refractivity contribution in [3.05, 3.63) is 82.4 Å². The van der Waals surface area contributed by atoms with Crippen molar-refractivity contribution < 1.29 is 9.50 Å². The second-order valence-corrected chi connectivity index (χ2v) is 6.95. The molecule has 148 valence electrons. The van der Waals surface area contributed by atoms with Crippen molar-refractivity contribution in [2.24, 2.45) is 0 Å². The van der Waals surface area contributed by atoms with Crippen LogP contribution in [0.1, 0.15) is 5.56 Å². The number of nitrogens with zero attached hydrogens (tertiary/aromatic N) is 3. The third-order valence-electron chi connectivity index (χ3n) is 4.80. The van der Waals surface area contributed by atoms with Crippen LogP contribution in [0.25, 0.3) is 28.0 Å². The fourth-order valence-electron chi connectivity index (χ4n) is 3.35. The van der Waals surface area contributed by atoms with E-state index in [-0.39, 0.29) is 18.0 Å². The summed E-state index contributed by atoms with van der Waals surface area (Å²) in [7, 11) is 1.84. The Labute approximate surface area is 166 Å². The van der Waals surface area contributed by atoms with Crippen LogP contribution >= 0.6 is 0 Å². The molecule has 0 saturated carbocycles. The number of aromatic amines is 1. The van der Waals surface area contributed by atoms with Crippen LogP contribution in [-0.2, 0) is 6.54 Å². The summed E-state index contributed by atoms with van der Waals surface area (Å²) < 4.78 is 15.1. The summed E-state index contributed by atoms with van der Waals surface area (Å²) in [6, 6.07) is 17.5. The standard InChI is InChI=1S/C22H21FN4O2/c1-26(11-12-28)14-16-13-19-20(15-7-9-17(23)10-8-15)25-27(21(19)24-22(16)29)18-5-3-2-4-6-18/h2-10,13,28H,11-12,14H2,1H3,(H,24,29). The van der Waals surface area contributed by atoms with Crippen molar-refractivity contribution in [2.45, 2.75) is 6.54 Å². The summed E-state index contributed by atoms with van der Waals surface area (Å²) in [5.74, 6) is -0.319. The van der Waals surface area contributed by atoms with Crippen LogP contribution in [0.2, 0.25) is 0 Å². The first-order chi connectivity index (χ1) is 14.1. The zero-order chi connectivity index (χ0) is 20.4. The van der Waals surface area contributed by atoms with E-state index < -0.39 is 0 Å². The Morgan fingerprint density at radius 2 is 1.86 bits per heavy atom. The Kier molecular flexibility index (Phi) is 5.24. The van der Waals surface area contributed by atoms with E-state index in [1.165, 1.54) is 12.1 Å². The first kappa shape index (κ1) is 19.0. The molecule has 2 N–H and O–H groups in total. The molecule has 7 heteroatoms. The number of aliphatic hydroxyl groups excluding tert-OH is 1. The topological polar surface area (TPSA) is 74.2 Å². The minimum atomic E-state index is -0.319. The summed E-state index contributed by atoms with van der Waals surface area (Å²) in [6.07, 6.45) is 0. The summed E-state index contributed by atoms with van der Waals surface area (Å²) in [5, 5.41) is 14.6. The maximum absolute atomic E-state index is 13.4. The van der Waals surface area contributed by atoms with Crippen LogP contribution in [0.4, 0.5) is 4.39 Å². The predicted molar refractivity (Wildman–Crippen MR) is 111 cm³/mol. The van der Waals surface area contributed by atoms with Crippen molar-refractivity contribution in [3.63, 3.8) is 0 Å². The summed E-state index contributed by atoms with van der Waals surface area (Å²) in [6.45, 7) is 0.875. The van der Waals surface area contributed by atoms with Gasteiger partial charge in [-0.2, -0.15) is 5.10 Å². The van der Waals surface area contributed by atoms with Gasteiger partial charge in [-0.05, 0) is 49.5 Å². The number of likely N-dealkylation sites (N-methyl/N-ethyl adjacent to an activating group) is 1. The van der Waals surface area contributed by atoms with Gasteiger partial charge in [-0.3, -0.25) is 9.69 Å². The Bertz CT molecular complexity index is 1180. The molecule has 29 heavy (non-hydrogen) atoms. The molecule has 0 radical (unpaired) electrons. The Morgan fingerprint density at radius 3 is 2.55 bits per heavy atom. The Hall–Kier alpha value is -3.29. The minimum absolute atomic E-state index is 0.0173. The van der Waals surface area contributed by atoms with E-state index in [4.69, 9.17) is 10.2 Å². The van der Waals surface area contributed by atoms with E-state index in [0.717, 1.165) is 16.6 Å². The van der Waals surface area contributed by atoms with Crippen LogP contribution < -0.4 is 5.56 Å². The number of aromatic nitrogens is 3. The van der Waals surface area contributed by atoms with E-state index >= 15 is 0 Å². The number of fused-ring (bicyclic) bond motifs is 1. The number of halogens is 1. The number of nitrogens with one attached hydrogen (secondary N) is 1. The number of hydrogen-bond donors (Lipinski definition) is 2. The number of pyridine rings is 1. The fourth-order valence-corrected chi connectivity index (χ4v) is 3.35. The second-order valence-electron chi connectivity index (χ2n) is 6.95. The number of aliphatic hydroxyl groups is 1. The van der Waals surface area contributed by atoms with Gasteiger partial charge in [0.25, 0.3) is 5.56 Å². The number of para-hydroxylation sites is 1. The van der Waals surface area contributed by atoms with E-state index in [2.05, 4.69) is 4.98 Å².